The summed E-state index contributed by atoms with van der Waals surface area (Å²) in [6.45, 7) is 10.4. The molecule has 1 unspecified atom stereocenters. The molecular weight excluding hydrogens is 190 g/mol. The third kappa shape index (κ3) is 2.92. The van der Waals surface area contributed by atoms with Crippen LogP contribution in [0, 0.1) is 5.41 Å². The van der Waals surface area contributed by atoms with E-state index in [1.165, 1.54) is 12.8 Å². The Balaban J connectivity index is 1.62. The van der Waals surface area contributed by atoms with Crippen LogP contribution in [0.1, 0.15) is 33.6 Å². The standard InChI is InChI=1S/C12H23NO2/c1-11(2)5-4-10(15-11)6-13-7-12(3)8-14-9-12/h10,13H,4-9H2,1-3H3. The van der Waals surface area contributed by atoms with Crippen LogP contribution in [-0.4, -0.2) is 38.0 Å². The summed E-state index contributed by atoms with van der Waals surface area (Å²) < 4.78 is 11.1. The van der Waals surface area contributed by atoms with Gasteiger partial charge >= 0.3 is 0 Å². The Labute approximate surface area is 92.5 Å². The molecule has 2 aliphatic heterocycles. The predicted molar refractivity (Wildman–Crippen MR) is 60.0 cm³/mol. The molecule has 2 fully saturated rings. The molecule has 15 heavy (non-hydrogen) atoms. The molecule has 88 valence electrons. The first-order valence-electron chi connectivity index (χ1n) is 5.95. The molecule has 2 heterocycles. The number of hydrogen-bond acceptors (Lipinski definition) is 3. The lowest BCUT2D eigenvalue weighted by molar-refractivity contribution is -0.100. The average Bonchev–Trinajstić information content (AvgIpc) is 2.43. The summed E-state index contributed by atoms with van der Waals surface area (Å²) in [7, 11) is 0. The Morgan fingerprint density at radius 2 is 2.00 bits per heavy atom. The topological polar surface area (TPSA) is 30.5 Å². The second-order valence-corrected chi connectivity index (χ2v) is 5.97. The molecule has 2 rings (SSSR count). The van der Waals surface area contributed by atoms with E-state index >= 15 is 0 Å². The van der Waals surface area contributed by atoms with E-state index in [-0.39, 0.29) is 5.60 Å². The number of rotatable bonds is 4. The van der Waals surface area contributed by atoms with Crippen LogP contribution in [0.2, 0.25) is 0 Å². The molecule has 2 saturated heterocycles. The fourth-order valence-corrected chi connectivity index (χ4v) is 2.31. The highest BCUT2D eigenvalue weighted by Crippen LogP contribution is 2.29. The van der Waals surface area contributed by atoms with Crippen LogP contribution in [0.5, 0.6) is 0 Å². The molecule has 2 aliphatic rings. The quantitative estimate of drug-likeness (QED) is 0.769. The van der Waals surface area contributed by atoms with Gasteiger partial charge in [-0.15, -0.1) is 0 Å². The van der Waals surface area contributed by atoms with E-state index in [4.69, 9.17) is 9.47 Å². The molecule has 0 aromatic heterocycles. The van der Waals surface area contributed by atoms with Crippen molar-refractivity contribution >= 4 is 0 Å². The smallest absolute Gasteiger partial charge is 0.0707 e. The second-order valence-electron chi connectivity index (χ2n) is 5.97. The zero-order valence-corrected chi connectivity index (χ0v) is 10.1. The maximum Gasteiger partial charge on any atom is 0.0707 e. The highest BCUT2D eigenvalue weighted by Gasteiger charge is 2.34. The highest BCUT2D eigenvalue weighted by molar-refractivity contribution is 4.85. The first-order chi connectivity index (χ1) is 6.99. The lowest BCUT2D eigenvalue weighted by Gasteiger charge is -2.38. The van der Waals surface area contributed by atoms with Crippen LogP contribution in [-0.2, 0) is 9.47 Å². The monoisotopic (exact) mass is 213 g/mol. The molecular formula is C12H23NO2. The van der Waals surface area contributed by atoms with Crippen molar-refractivity contribution in [1.82, 2.24) is 5.32 Å². The van der Waals surface area contributed by atoms with Gasteiger partial charge in [-0.05, 0) is 26.7 Å². The minimum Gasteiger partial charge on any atom is -0.380 e. The Kier molecular flexibility index (Phi) is 3.06. The van der Waals surface area contributed by atoms with Gasteiger partial charge in [0.1, 0.15) is 0 Å². The second kappa shape index (κ2) is 4.04. The third-order valence-corrected chi connectivity index (χ3v) is 3.38. The maximum absolute atomic E-state index is 5.92. The lowest BCUT2D eigenvalue weighted by Crippen LogP contribution is -2.48. The van der Waals surface area contributed by atoms with Gasteiger partial charge in [-0.25, -0.2) is 0 Å². The molecule has 1 atom stereocenters. The van der Waals surface area contributed by atoms with Crippen molar-refractivity contribution in [3.05, 3.63) is 0 Å². The third-order valence-electron chi connectivity index (χ3n) is 3.38. The van der Waals surface area contributed by atoms with Crippen LogP contribution < -0.4 is 5.32 Å². The number of hydrogen-bond donors (Lipinski definition) is 1. The van der Waals surface area contributed by atoms with E-state index in [2.05, 4.69) is 26.1 Å². The molecule has 0 bridgehead atoms. The van der Waals surface area contributed by atoms with Crippen molar-refractivity contribution in [1.29, 1.82) is 0 Å². The zero-order chi connectivity index (χ0) is 10.9. The Hall–Kier alpha value is -0.120. The van der Waals surface area contributed by atoms with Gasteiger partial charge in [-0.1, -0.05) is 6.92 Å². The van der Waals surface area contributed by atoms with Crippen molar-refractivity contribution in [2.24, 2.45) is 5.41 Å². The number of ether oxygens (including phenoxy) is 2. The van der Waals surface area contributed by atoms with Crippen molar-refractivity contribution < 1.29 is 9.47 Å². The minimum atomic E-state index is 0.0931. The molecule has 0 aliphatic carbocycles. The summed E-state index contributed by atoms with van der Waals surface area (Å²) in [6.07, 6.45) is 2.78. The highest BCUT2D eigenvalue weighted by atomic mass is 16.5. The van der Waals surface area contributed by atoms with Crippen LogP contribution >= 0.6 is 0 Å². The van der Waals surface area contributed by atoms with E-state index in [0.29, 0.717) is 11.5 Å². The molecule has 0 amide bonds. The summed E-state index contributed by atoms with van der Waals surface area (Å²) in [5.41, 5.74) is 0.462. The van der Waals surface area contributed by atoms with Crippen molar-refractivity contribution in [2.75, 3.05) is 26.3 Å². The van der Waals surface area contributed by atoms with E-state index in [1.54, 1.807) is 0 Å². The molecule has 0 spiro atoms. The maximum atomic E-state index is 5.92. The van der Waals surface area contributed by atoms with Crippen molar-refractivity contribution in [3.8, 4) is 0 Å². The molecule has 0 aromatic rings. The lowest BCUT2D eigenvalue weighted by atomic mass is 9.89. The van der Waals surface area contributed by atoms with Crippen LogP contribution in [0.15, 0.2) is 0 Å². The van der Waals surface area contributed by atoms with Crippen LogP contribution in [0.25, 0.3) is 0 Å². The molecule has 1 N–H and O–H groups in total. The Bertz CT molecular complexity index is 224. The van der Waals surface area contributed by atoms with Crippen LogP contribution in [0.3, 0.4) is 0 Å². The van der Waals surface area contributed by atoms with Gasteiger partial charge in [0.2, 0.25) is 0 Å². The zero-order valence-electron chi connectivity index (χ0n) is 10.1. The largest absolute Gasteiger partial charge is 0.380 e. The Morgan fingerprint density at radius 1 is 1.27 bits per heavy atom. The normalized spacial score (nSPS) is 32.6. The minimum absolute atomic E-state index is 0.0931. The number of nitrogens with one attached hydrogen (secondary N) is 1. The van der Waals surface area contributed by atoms with Gasteiger partial charge in [0.25, 0.3) is 0 Å². The molecule has 0 radical (unpaired) electrons. The fourth-order valence-electron chi connectivity index (χ4n) is 2.31. The van der Waals surface area contributed by atoms with Gasteiger partial charge in [0.15, 0.2) is 0 Å². The van der Waals surface area contributed by atoms with Crippen molar-refractivity contribution in [3.63, 3.8) is 0 Å². The van der Waals surface area contributed by atoms with E-state index in [1.807, 2.05) is 0 Å². The molecule has 3 nitrogen and oxygen atoms in total. The molecule has 0 aromatic carbocycles. The van der Waals surface area contributed by atoms with Crippen LogP contribution in [0.4, 0.5) is 0 Å². The van der Waals surface area contributed by atoms with E-state index < -0.39 is 0 Å². The van der Waals surface area contributed by atoms with Gasteiger partial charge < -0.3 is 14.8 Å². The van der Waals surface area contributed by atoms with Gasteiger partial charge in [0, 0.05) is 18.5 Å². The first-order valence-corrected chi connectivity index (χ1v) is 5.95. The summed E-state index contributed by atoms with van der Waals surface area (Å²) in [5.74, 6) is 0. The van der Waals surface area contributed by atoms with E-state index in [9.17, 15) is 0 Å². The van der Waals surface area contributed by atoms with Gasteiger partial charge in [0.05, 0.1) is 24.9 Å². The summed E-state index contributed by atoms with van der Waals surface area (Å²) in [4.78, 5) is 0. The SMILES string of the molecule is CC1(CNCC2CCC(C)(C)O2)COC1. The fraction of sp³-hybridized carbons (Fsp3) is 1.00. The first kappa shape index (κ1) is 11.4. The average molecular weight is 213 g/mol. The van der Waals surface area contributed by atoms with Gasteiger partial charge in [-0.2, -0.15) is 0 Å². The summed E-state index contributed by atoms with van der Waals surface area (Å²) >= 11 is 0. The van der Waals surface area contributed by atoms with Crippen molar-refractivity contribution in [2.45, 2.75) is 45.3 Å². The summed E-state index contributed by atoms with van der Waals surface area (Å²) in [5, 5.41) is 3.50. The molecule has 0 saturated carbocycles. The van der Waals surface area contributed by atoms with Gasteiger partial charge in [-0.3, -0.25) is 0 Å². The predicted octanol–water partition coefficient (Wildman–Crippen LogP) is 1.57. The van der Waals surface area contributed by atoms with E-state index in [0.717, 1.165) is 26.3 Å². The summed E-state index contributed by atoms with van der Waals surface area (Å²) in [6, 6.07) is 0. The Morgan fingerprint density at radius 3 is 2.47 bits per heavy atom. The molecule has 3 heteroatoms.